The third-order valence-corrected chi connectivity index (χ3v) is 5.09. The average molecular weight is 316 g/mol. The Balaban J connectivity index is 1.45. The summed E-state index contributed by atoms with van der Waals surface area (Å²) in [6.07, 6.45) is 6.51. The lowest BCUT2D eigenvalue weighted by Gasteiger charge is -2.10. The molecule has 4 nitrogen and oxygen atoms in total. The summed E-state index contributed by atoms with van der Waals surface area (Å²) in [4.78, 5) is 25.6. The lowest BCUT2D eigenvalue weighted by molar-refractivity contribution is 0.0672. The molecule has 0 unspecified atom stereocenters. The van der Waals surface area contributed by atoms with E-state index in [0.29, 0.717) is 23.7 Å². The fourth-order valence-electron chi connectivity index (χ4n) is 2.83. The third kappa shape index (κ3) is 3.25. The van der Waals surface area contributed by atoms with E-state index in [2.05, 4.69) is 5.32 Å². The van der Waals surface area contributed by atoms with E-state index in [-0.39, 0.29) is 11.8 Å². The van der Waals surface area contributed by atoms with Gasteiger partial charge in [0.05, 0.1) is 11.1 Å². The molecule has 3 rings (SSSR count). The SMILES string of the molecule is O=C1c2ccccc2C(=O)N1C/C=C\CSC[C@@H]1CCCN1. The summed E-state index contributed by atoms with van der Waals surface area (Å²) in [5.74, 6) is 1.67. The highest BCUT2D eigenvalue weighted by Gasteiger charge is 2.33. The second kappa shape index (κ2) is 7.11. The van der Waals surface area contributed by atoms with Crippen LogP contribution < -0.4 is 5.32 Å². The van der Waals surface area contributed by atoms with Crippen molar-refractivity contribution in [1.29, 1.82) is 0 Å². The van der Waals surface area contributed by atoms with Gasteiger partial charge in [0, 0.05) is 24.1 Å². The fraction of sp³-hybridized carbons (Fsp3) is 0.412. The molecule has 116 valence electrons. The molecule has 0 saturated carbocycles. The number of carbonyl (C=O) groups is 2. The van der Waals surface area contributed by atoms with Gasteiger partial charge in [-0.1, -0.05) is 24.3 Å². The number of amides is 2. The molecule has 0 aliphatic carbocycles. The summed E-state index contributed by atoms with van der Waals surface area (Å²) in [6, 6.07) is 7.65. The zero-order valence-electron chi connectivity index (χ0n) is 12.5. The van der Waals surface area contributed by atoms with Crippen LogP contribution in [0.2, 0.25) is 0 Å². The van der Waals surface area contributed by atoms with E-state index >= 15 is 0 Å². The topological polar surface area (TPSA) is 49.4 Å². The zero-order chi connectivity index (χ0) is 15.4. The normalized spacial score (nSPS) is 21.1. The molecule has 0 aromatic heterocycles. The minimum Gasteiger partial charge on any atom is -0.313 e. The van der Waals surface area contributed by atoms with E-state index in [1.165, 1.54) is 17.7 Å². The molecule has 0 bridgehead atoms. The predicted octanol–water partition coefficient (Wildman–Crippen LogP) is 2.32. The number of thioether (sulfide) groups is 1. The zero-order valence-corrected chi connectivity index (χ0v) is 13.3. The summed E-state index contributed by atoms with van der Waals surface area (Å²) in [5, 5.41) is 3.47. The van der Waals surface area contributed by atoms with Gasteiger partial charge in [-0.25, -0.2) is 0 Å². The first-order valence-corrected chi connectivity index (χ1v) is 8.84. The van der Waals surface area contributed by atoms with Gasteiger partial charge in [-0.3, -0.25) is 14.5 Å². The molecule has 1 N–H and O–H groups in total. The summed E-state index contributed by atoms with van der Waals surface area (Å²) in [6.45, 7) is 1.50. The summed E-state index contributed by atoms with van der Waals surface area (Å²) < 4.78 is 0. The predicted molar refractivity (Wildman–Crippen MR) is 89.3 cm³/mol. The van der Waals surface area contributed by atoms with Gasteiger partial charge in [-0.15, -0.1) is 0 Å². The van der Waals surface area contributed by atoms with Gasteiger partial charge in [-0.2, -0.15) is 11.8 Å². The Hall–Kier alpha value is -1.59. The van der Waals surface area contributed by atoms with Crippen LogP contribution in [0.3, 0.4) is 0 Å². The number of benzene rings is 1. The molecular formula is C17H20N2O2S. The van der Waals surface area contributed by atoms with Crippen LogP contribution in [0.4, 0.5) is 0 Å². The van der Waals surface area contributed by atoms with Crippen molar-refractivity contribution in [3.63, 3.8) is 0 Å². The van der Waals surface area contributed by atoms with Crippen LogP contribution >= 0.6 is 11.8 Å². The van der Waals surface area contributed by atoms with Crippen LogP contribution in [0.15, 0.2) is 36.4 Å². The Labute approximate surface area is 135 Å². The summed E-state index contributed by atoms with van der Waals surface area (Å²) >= 11 is 1.88. The van der Waals surface area contributed by atoms with Crippen molar-refractivity contribution in [3.05, 3.63) is 47.5 Å². The quantitative estimate of drug-likeness (QED) is 0.497. The van der Waals surface area contributed by atoms with Crippen LogP contribution in [0.5, 0.6) is 0 Å². The molecule has 1 atom stereocenters. The van der Waals surface area contributed by atoms with Crippen molar-refractivity contribution in [2.75, 3.05) is 24.6 Å². The lowest BCUT2D eigenvalue weighted by atomic mass is 10.1. The van der Waals surface area contributed by atoms with Crippen molar-refractivity contribution >= 4 is 23.6 Å². The standard InChI is InChI=1S/C17H20N2O2S/c20-16-14-7-1-2-8-15(14)17(21)19(16)10-3-4-11-22-12-13-6-5-9-18-13/h1-4,7-8,13,18H,5-6,9-12H2/b4-3-/t13-/m0/s1. The van der Waals surface area contributed by atoms with Gasteiger partial charge < -0.3 is 5.32 Å². The van der Waals surface area contributed by atoms with Crippen LogP contribution in [-0.2, 0) is 0 Å². The second-order valence-corrected chi connectivity index (χ2v) is 6.64. The first-order chi connectivity index (χ1) is 10.8. The number of hydrogen-bond acceptors (Lipinski definition) is 4. The fourth-order valence-corrected chi connectivity index (χ4v) is 3.81. The van der Waals surface area contributed by atoms with Crippen molar-refractivity contribution in [3.8, 4) is 0 Å². The Morgan fingerprint density at radius 1 is 1.18 bits per heavy atom. The minimum absolute atomic E-state index is 0.187. The number of nitrogens with zero attached hydrogens (tertiary/aromatic N) is 1. The van der Waals surface area contributed by atoms with Crippen LogP contribution in [0, 0.1) is 0 Å². The highest BCUT2D eigenvalue weighted by molar-refractivity contribution is 7.99. The number of nitrogens with one attached hydrogen (secondary N) is 1. The number of carbonyl (C=O) groups excluding carboxylic acids is 2. The molecule has 0 radical (unpaired) electrons. The minimum atomic E-state index is -0.187. The Morgan fingerprint density at radius 3 is 2.55 bits per heavy atom. The maximum atomic E-state index is 12.2. The smallest absolute Gasteiger partial charge is 0.261 e. The van der Waals surface area contributed by atoms with Crippen molar-refractivity contribution in [2.45, 2.75) is 18.9 Å². The van der Waals surface area contributed by atoms with Crippen molar-refractivity contribution in [1.82, 2.24) is 10.2 Å². The van der Waals surface area contributed by atoms with Gasteiger partial charge in [0.1, 0.15) is 0 Å². The average Bonchev–Trinajstić information content (AvgIpc) is 3.13. The van der Waals surface area contributed by atoms with Gasteiger partial charge in [0.15, 0.2) is 0 Å². The molecule has 2 aliphatic rings. The summed E-state index contributed by atoms with van der Waals surface area (Å²) in [7, 11) is 0. The summed E-state index contributed by atoms with van der Waals surface area (Å²) in [5.41, 5.74) is 1.03. The largest absolute Gasteiger partial charge is 0.313 e. The van der Waals surface area contributed by atoms with E-state index in [1.807, 2.05) is 23.9 Å². The molecule has 0 spiro atoms. The molecule has 2 amide bonds. The van der Waals surface area contributed by atoms with E-state index in [9.17, 15) is 9.59 Å². The first-order valence-electron chi connectivity index (χ1n) is 7.68. The highest BCUT2D eigenvalue weighted by Crippen LogP contribution is 2.22. The molecule has 1 aromatic carbocycles. The Bertz CT molecular complexity index is 559. The van der Waals surface area contributed by atoms with Crippen molar-refractivity contribution < 1.29 is 9.59 Å². The molecule has 2 heterocycles. The van der Waals surface area contributed by atoms with E-state index < -0.39 is 0 Å². The van der Waals surface area contributed by atoms with Crippen molar-refractivity contribution in [2.24, 2.45) is 0 Å². The number of imide groups is 1. The first kappa shape index (κ1) is 15.3. The van der Waals surface area contributed by atoms with Gasteiger partial charge in [0.2, 0.25) is 0 Å². The van der Waals surface area contributed by atoms with Gasteiger partial charge in [-0.05, 0) is 31.5 Å². The molecule has 2 aliphatic heterocycles. The maximum absolute atomic E-state index is 12.2. The number of rotatable bonds is 6. The number of fused-ring (bicyclic) bond motifs is 1. The van der Waals surface area contributed by atoms with Crippen LogP contribution in [-0.4, -0.2) is 47.4 Å². The molecule has 5 heteroatoms. The van der Waals surface area contributed by atoms with Gasteiger partial charge >= 0.3 is 0 Å². The molecule has 22 heavy (non-hydrogen) atoms. The van der Waals surface area contributed by atoms with E-state index in [4.69, 9.17) is 0 Å². The highest BCUT2D eigenvalue weighted by atomic mass is 32.2. The maximum Gasteiger partial charge on any atom is 0.261 e. The van der Waals surface area contributed by atoms with Gasteiger partial charge in [0.25, 0.3) is 11.8 Å². The molecule has 1 saturated heterocycles. The van der Waals surface area contributed by atoms with Crippen LogP contribution in [0.1, 0.15) is 33.6 Å². The van der Waals surface area contributed by atoms with Crippen LogP contribution in [0.25, 0.3) is 0 Å². The lowest BCUT2D eigenvalue weighted by Crippen LogP contribution is -2.29. The number of hydrogen-bond donors (Lipinski definition) is 1. The van der Waals surface area contributed by atoms with E-state index in [1.54, 1.807) is 24.3 Å². The Morgan fingerprint density at radius 2 is 1.91 bits per heavy atom. The second-order valence-electron chi connectivity index (χ2n) is 5.57. The molecule has 1 aromatic rings. The van der Waals surface area contributed by atoms with E-state index in [0.717, 1.165) is 18.1 Å². The third-order valence-electron chi connectivity index (χ3n) is 4.03. The molecule has 1 fully saturated rings. The Kier molecular flexibility index (Phi) is 4.95. The monoisotopic (exact) mass is 316 g/mol. The molecular weight excluding hydrogens is 296 g/mol.